The van der Waals surface area contributed by atoms with Gasteiger partial charge in [0.1, 0.15) is 17.4 Å². The fourth-order valence-electron chi connectivity index (χ4n) is 3.44. The Hall–Kier alpha value is -4.31. The van der Waals surface area contributed by atoms with Crippen LogP contribution in [0.15, 0.2) is 60.2 Å². The van der Waals surface area contributed by atoms with Crippen molar-refractivity contribution in [1.82, 2.24) is 4.57 Å². The number of nitrogens with zero attached hydrogens (tertiary/aromatic N) is 2. The van der Waals surface area contributed by atoms with Crippen LogP contribution in [0.25, 0.3) is 11.8 Å². The number of nitrogens with one attached hydrogen (secondary N) is 1. The highest BCUT2D eigenvalue weighted by molar-refractivity contribution is 6.09. The topological polar surface area (TPSA) is 104 Å². The second-order valence-electron chi connectivity index (χ2n) is 7.10. The maximum Gasteiger partial charge on any atom is 0.335 e. The number of nitriles is 1. The first kappa shape index (κ1) is 22.4. The molecule has 0 radical (unpaired) electrons. The molecule has 0 spiro atoms. The van der Waals surface area contributed by atoms with E-state index >= 15 is 0 Å². The molecule has 3 aromatic rings. The summed E-state index contributed by atoms with van der Waals surface area (Å²) in [6, 6.07) is 17.4. The van der Waals surface area contributed by atoms with Gasteiger partial charge >= 0.3 is 5.97 Å². The predicted molar refractivity (Wildman–Crippen MR) is 122 cm³/mol. The number of aromatic carboxylic acids is 1. The van der Waals surface area contributed by atoms with E-state index in [9.17, 15) is 20.0 Å². The van der Waals surface area contributed by atoms with E-state index in [0.717, 1.165) is 11.4 Å². The molecule has 0 saturated carbocycles. The van der Waals surface area contributed by atoms with Crippen molar-refractivity contribution in [3.8, 4) is 17.5 Å². The van der Waals surface area contributed by atoms with Crippen molar-refractivity contribution in [2.24, 2.45) is 0 Å². The van der Waals surface area contributed by atoms with Gasteiger partial charge in [-0.3, -0.25) is 4.79 Å². The van der Waals surface area contributed by atoms with E-state index in [1.807, 2.05) is 43.5 Å². The van der Waals surface area contributed by atoms with Gasteiger partial charge in [-0.25, -0.2) is 4.79 Å². The van der Waals surface area contributed by atoms with E-state index in [1.54, 1.807) is 36.4 Å². The van der Waals surface area contributed by atoms with Gasteiger partial charge in [0, 0.05) is 28.8 Å². The molecule has 1 amide bonds. The fraction of sp³-hybridized carbons (Fsp3) is 0.160. The molecule has 1 heterocycles. The van der Waals surface area contributed by atoms with Crippen LogP contribution in [0.1, 0.15) is 34.2 Å². The number of rotatable bonds is 7. The smallest absolute Gasteiger partial charge is 0.335 e. The minimum Gasteiger partial charge on any atom is -0.494 e. The number of carbonyl (C=O) groups excluding carboxylic acids is 1. The predicted octanol–water partition coefficient (Wildman–Crippen LogP) is 4.74. The average Bonchev–Trinajstić information content (AvgIpc) is 3.05. The standard InChI is InChI=1S/C25H23N3O4/c1-4-32-23-10-6-8-21(14-23)27-24(29)20(15-26)12-19-11-16(2)28(17(19)3)22-9-5-7-18(13-22)25(30)31/h5-14H,4H2,1-3H3,(H,27,29)(H,30,31)/b20-12-. The molecule has 0 aliphatic rings. The van der Waals surface area contributed by atoms with Gasteiger partial charge in [-0.1, -0.05) is 12.1 Å². The molecule has 7 heteroatoms. The van der Waals surface area contributed by atoms with Gasteiger partial charge in [0.25, 0.3) is 5.91 Å². The van der Waals surface area contributed by atoms with Crippen LogP contribution in [0.2, 0.25) is 0 Å². The number of carbonyl (C=O) groups is 2. The zero-order chi connectivity index (χ0) is 23.3. The van der Waals surface area contributed by atoms with Crippen LogP contribution in [0.4, 0.5) is 5.69 Å². The van der Waals surface area contributed by atoms with Crippen LogP contribution in [0.3, 0.4) is 0 Å². The van der Waals surface area contributed by atoms with Crippen molar-refractivity contribution in [3.05, 3.63) is 82.7 Å². The summed E-state index contributed by atoms with van der Waals surface area (Å²) >= 11 is 0. The second-order valence-corrected chi connectivity index (χ2v) is 7.10. The van der Waals surface area contributed by atoms with E-state index in [2.05, 4.69) is 5.32 Å². The first-order valence-electron chi connectivity index (χ1n) is 10.0. The molecule has 2 aromatic carbocycles. The van der Waals surface area contributed by atoms with Crippen molar-refractivity contribution in [1.29, 1.82) is 5.26 Å². The van der Waals surface area contributed by atoms with E-state index in [0.29, 0.717) is 29.3 Å². The number of benzene rings is 2. The Morgan fingerprint density at radius 3 is 2.59 bits per heavy atom. The lowest BCUT2D eigenvalue weighted by Gasteiger charge is -2.10. The van der Waals surface area contributed by atoms with Crippen molar-refractivity contribution >= 4 is 23.6 Å². The molecule has 0 aliphatic heterocycles. The zero-order valence-corrected chi connectivity index (χ0v) is 18.0. The maximum atomic E-state index is 12.7. The molecule has 7 nitrogen and oxygen atoms in total. The summed E-state index contributed by atoms with van der Waals surface area (Å²) in [7, 11) is 0. The van der Waals surface area contributed by atoms with Gasteiger partial charge in [-0.05, 0) is 68.8 Å². The van der Waals surface area contributed by atoms with Crippen LogP contribution in [0.5, 0.6) is 5.75 Å². The monoisotopic (exact) mass is 429 g/mol. The van der Waals surface area contributed by atoms with Gasteiger partial charge in [0.05, 0.1) is 12.2 Å². The third-order valence-corrected chi connectivity index (χ3v) is 4.89. The van der Waals surface area contributed by atoms with Crippen LogP contribution in [-0.2, 0) is 4.79 Å². The Kier molecular flexibility index (Phi) is 6.76. The van der Waals surface area contributed by atoms with Crippen molar-refractivity contribution in [3.63, 3.8) is 0 Å². The first-order chi connectivity index (χ1) is 15.3. The molecule has 32 heavy (non-hydrogen) atoms. The van der Waals surface area contributed by atoms with Gasteiger partial charge < -0.3 is 19.7 Å². The Bertz CT molecular complexity index is 1250. The Balaban J connectivity index is 1.91. The third-order valence-electron chi connectivity index (χ3n) is 4.89. The molecule has 2 N–H and O–H groups in total. The van der Waals surface area contributed by atoms with Crippen LogP contribution in [0, 0.1) is 25.2 Å². The first-order valence-corrected chi connectivity index (χ1v) is 10.0. The summed E-state index contributed by atoms with van der Waals surface area (Å²) in [6.07, 6.45) is 1.53. The molecule has 0 bridgehead atoms. The van der Waals surface area contributed by atoms with Crippen molar-refractivity contribution in [2.75, 3.05) is 11.9 Å². The largest absolute Gasteiger partial charge is 0.494 e. The van der Waals surface area contributed by atoms with Crippen LogP contribution >= 0.6 is 0 Å². The van der Waals surface area contributed by atoms with Crippen LogP contribution < -0.4 is 10.1 Å². The molecular weight excluding hydrogens is 406 g/mol. The highest BCUT2D eigenvalue weighted by Gasteiger charge is 2.15. The quantitative estimate of drug-likeness (QED) is 0.417. The Morgan fingerprint density at radius 2 is 1.91 bits per heavy atom. The summed E-state index contributed by atoms with van der Waals surface area (Å²) in [4.78, 5) is 24.0. The highest BCUT2D eigenvalue weighted by Crippen LogP contribution is 2.24. The number of carboxylic acids is 1. The van der Waals surface area contributed by atoms with E-state index < -0.39 is 11.9 Å². The van der Waals surface area contributed by atoms with Gasteiger partial charge in [0.2, 0.25) is 0 Å². The van der Waals surface area contributed by atoms with E-state index in [4.69, 9.17) is 4.74 Å². The Labute approximate surface area is 186 Å². The van der Waals surface area contributed by atoms with Crippen molar-refractivity contribution in [2.45, 2.75) is 20.8 Å². The number of carboxylic acid groups (broad SMARTS) is 1. The fourth-order valence-corrected chi connectivity index (χ4v) is 3.44. The number of aryl methyl sites for hydroxylation is 1. The number of amides is 1. The number of ether oxygens (including phenoxy) is 1. The van der Waals surface area contributed by atoms with Gasteiger partial charge in [-0.2, -0.15) is 5.26 Å². The molecule has 3 rings (SSSR count). The molecular formula is C25H23N3O4. The lowest BCUT2D eigenvalue weighted by Crippen LogP contribution is -2.13. The molecule has 0 fully saturated rings. The minimum atomic E-state index is -1.01. The van der Waals surface area contributed by atoms with Gasteiger partial charge in [-0.15, -0.1) is 0 Å². The molecule has 1 aromatic heterocycles. The SMILES string of the molecule is CCOc1cccc(NC(=O)/C(C#N)=C\c2cc(C)n(-c3cccc(C(=O)O)c3)c2C)c1. The maximum absolute atomic E-state index is 12.7. The summed E-state index contributed by atoms with van der Waals surface area (Å²) in [5.74, 6) is -0.912. The van der Waals surface area contributed by atoms with Gasteiger partial charge in [0.15, 0.2) is 0 Å². The number of hydrogen-bond acceptors (Lipinski definition) is 4. The molecule has 0 atom stereocenters. The third kappa shape index (κ3) is 4.87. The second kappa shape index (κ2) is 9.67. The zero-order valence-electron chi connectivity index (χ0n) is 18.0. The van der Waals surface area contributed by atoms with Crippen LogP contribution in [-0.4, -0.2) is 28.2 Å². The van der Waals surface area contributed by atoms with E-state index in [-0.39, 0.29) is 11.1 Å². The normalized spacial score (nSPS) is 11.0. The Morgan fingerprint density at radius 1 is 1.16 bits per heavy atom. The molecule has 0 unspecified atom stereocenters. The molecule has 0 saturated heterocycles. The number of aromatic nitrogens is 1. The summed E-state index contributed by atoms with van der Waals surface area (Å²) in [6.45, 7) is 6.11. The molecule has 0 aliphatic carbocycles. The summed E-state index contributed by atoms with van der Waals surface area (Å²) in [5, 5.41) is 21.6. The summed E-state index contributed by atoms with van der Waals surface area (Å²) < 4.78 is 7.32. The average molecular weight is 429 g/mol. The highest BCUT2D eigenvalue weighted by atomic mass is 16.5. The minimum absolute atomic E-state index is 0.0497. The molecule has 162 valence electrons. The van der Waals surface area contributed by atoms with E-state index in [1.165, 1.54) is 12.1 Å². The number of anilines is 1. The van der Waals surface area contributed by atoms with Crippen molar-refractivity contribution < 1.29 is 19.4 Å². The number of hydrogen-bond donors (Lipinski definition) is 2. The lowest BCUT2D eigenvalue weighted by molar-refractivity contribution is -0.112. The lowest BCUT2D eigenvalue weighted by atomic mass is 10.1. The summed E-state index contributed by atoms with van der Waals surface area (Å²) in [5.41, 5.74) is 3.67.